The largest absolute Gasteiger partial charge is 0.374 e. The predicted molar refractivity (Wildman–Crippen MR) is 53.7 cm³/mol. The van der Waals surface area contributed by atoms with E-state index >= 15 is 0 Å². The van der Waals surface area contributed by atoms with Gasteiger partial charge in [-0.25, -0.2) is 0 Å². The fourth-order valence-corrected chi connectivity index (χ4v) is 1.87. The van der Waals surface area contributed by atoms with Crippen molar-refractivity contribution < 1.29 is 4.74 Å². The van der Waals surface area contributed by atoms with Crippen molar-refractivity contribution in [2.75, 3.05) is 6.61 Å². The monoisotopic (exact) mass is 176 g/mol. The lowest BCUT2D eigenvalue weighted by Crippen LogP contribution is -2.11. The average Bonchev–Trinajstić information content (AvgIpc) is 2.19. The molecule has 1 fully saturated rings. The summed E-state index contributed by atoms with van der Waals surface area (Å²) in [6, 6.07) is 8.65. The third kappa shape index (κ3) is 2.10. The Kier molecular flexibility index (Phi) is 2.65. The molecular weight excluding hydrogens is 160 g/mol. The Hall–Kier alpha value is -0.820. The van der Waals surface area contributed by atoms with Crippen molar-refractivity contribution in [2.45, 2.75) is 32.3 Å². The molecule has 0 amide bonds. The van der Waals surface area contributed by atoms with Crippen LogP contribution in [0.15, 0.2) is 24.3 Å². The third-order valence-electron chi connectivity index (χ3n) is 2.59. The second kappa shape index (κ2) is 3.93. The summed E-state index contributed by atoms with van der Waals surface area (Å²) in [6.45, 7) is 3.06. The van der Waals surface area contributed by atoms with Crippen molar-refractivity contribution in [2.24, 2.45) is 0 Å². The van der Waals surface area contributed by atoms with Crippen LogP contribution in [-0.4, -0.2) is 6.61 Å². The van der Waals surface area contributed by atoms with E-state index in [0.717, 1.165) is 6.61 Å². The molecule has 0 N–H and O–H groups in total. The molecule has 0 aliphatic carbocycles. The van der Waals surface area contributed by atoms with E-state index in [2.05, 4.69) is 31.2 Å². The van der Waals surface area contributed by atoms with Crippen LogP contribution in [-0.2, 0) is 4.74 Å². The van der Waals surface area contributed by atoms with E-state index in [1.54, 1.807) is 0 Å². The van der Waals surface area contributed by atoms with Gasteiger partial charge in [0.15, 0.2) is 0 Å². The standard InChI is InChI=1S/C12H16O/c1-10-5-4-6-11(9-10)12-7-2-3-8-13-12/h4-6,9,12H,2-3,7-8H2,1H3/t12-/m0/s1. The Labute approximate surface area is 79.7 Å². The van der Waals surface area contributed by atoms with Gasteiger partial charge in [0.1, 0.15) is 0 Å². The number of hydrogen-bond donors (Lipinski definition) is 0. The van der Waals surface area contributed by atoms with Gasteiger partial charge in [0.05, 0.1) is 6.10 Å². The predicted octanol–water partition coefficient (Wildman–Crippen LogP) is 3.24. The van der Waals surface area contributed by atoms with Gasteiger partial charge < -0.3 is 4.74 Å². The Morgan fingerprint density at radius 1 is 1.31 bits per heavy atom. The SMILES string of the molecule is Cc1cccc([C@@H]2CCCCO2)c1. The second-order valence-corrected chi connectivity index (χ2v) is 3.77. The quantitative estimate of drug-likeness (QED) is 0.638. The van der Waals surface area contributed by atoms with E-state index < -0.39 is 0 Å². The smallest absolute Gasteiger partial charge is 0.0825 e. The first-order chi connectivity index (χ1) is 6.36. The van der Waals surface area contributed by atoms with Crippen LogP contribution < -0.4 is 0 Å². The van der Waals surface area contributed by atoms with Crippen molar-refractivity contribution in [1.29, 1.82) is 0 Å². The highest BCUT2D eigenvalue weighted by Crippen LogP contribution is 2.27. The summed E-state index contributed by atoms with van der Waals surface area (Å²) in [6.07, 6.45) is 4.07. The van der Waals surface area contributed by atoms with Crippen molar-refractivity contribution >= 4 is 0 Å². The molecule has 13 heavy (non-hydrogen) atoms. The summed E-state index contributed by atoms with van der Waals surface area (Å²) in [7, 11) is 0. The Morgan fingerprint density at radius 2 is 2.23 bits per heavy atom. The molecule has 0 saturated carbocycles. The topological polar surface area (TPSA) is 9.23 Å². The van der Waals surface area contributed by atoms with Crippen LogP contribution in [0.5, 0.6) is 0 Å². The second-order valence-electron chi connectivity index (χ2n) is 3.77. The molecule has 1 heterocycles. The lowest BCUT2D eigenvalue weighted by Gasteiger charge is -2.23. The summed E-state index contributed by atoms with van der Waals surface area (Å²) in [4.78, 5) is 0. The van der Waals surface area contributed by atoms with Gasteiger partial charge in [-0.05, 0) is 31.7 Å². The molecule has 1 aromatic rings. The summed E-state index contributed by atoms with van der Waals surface area (Å²) < 4.78 is 5.72. The van der Waals surface area contributed by atoms with Crippen molar-refractivity contribution in [3.05, 3.63) is 35.4 Å². The van der Waals surface area contributed by atoms with Crippen molar-refractivity contribution in [1.82, 2.24) is 0 Å². The van der Waals surface area contributed by atoms with Gasteiger partial charge in [0.2, 0.25) is 0 Å². The lowest BCUT2D eigenvalue weighted by atomic mass is 10.0. The van der Waals surface area contributed by atoms with Crippen molar-refractivity contribution in [3.63, 3.8) is 0 Å². The number of benzene rings is 1. The van der Waals surface area contributed by atoms with E-state index in [1.165, 1.54) is 30.4 Å². The number of aryl methyl sites for hydroxylation is 1. The molecule has 2 rings (SSSR count). The molecule has 0 radical (unpaired) electrons. The lowest BCUT2D eigenvalue weighted by molar-refractivity contribution is 0.0149. The normalized spacial score (nSPS) is 23.0. The van der Waals surface area contributed by atoms with Gasteiger partial charge in [-0.1, -0.05) is 29.8 Å². The molecule has 1 heteroatoms. The van der Waals surface area contributed by atoms with E-state index in [9.17, 15) is 0 Å². The zero-order valence-electron chi connectivity index (χ0n) is 8.12. The van der Waals surface area contributed by atoms with E-state index in [1.807, 2.05) is 0 Å². The summed E-state index contributed by atoms with van der Waals surface area (Å²) >= 11 is 0. The van der Waals surface area contributed by atoms with Crippen LogP contribution in [0.3, 0.4) is 0 Å². The van der Waals surface area contributed by atoms with Gasteiger partial charge in [-0.2, -0.15) is 0 Å². The zero-order chi connectivity index (χ0) is 9.10. The zero-order valence-corrected chi connectivity index (χ0v) is 8.12. The molecule has 1 aromatic carbocycles. The van der Waals surface area contributed by atoms with Crippen molar-refractivity contribution in [3.8, 4) is 0 Å². The highest BCUT2D eigenvalue weighted by atomic mass is 16.5. The molecule has 1 nitrogen and oxygen atoms in total. The van der Waals surface area contributed by atoms with Gasteiger partial charge in [-0.15, -0.1) is 0 Å². The summed E-state index contributed by atoms with van der Waals surface area (Å²) in [5.74, 6) is 0. The first-order valence-corrected chi connectivity index (χ1v) is 5.04. The van der Waals surface area contributed by atoms with E-state index in [-0.39, 0.29) is 0 Å². The first kappa shape index (κ1) is 8.76. The third-order valence-corrected chi connectivity index (χ3v) is 2.59. The Bertz CT molecular complexity index is 274. The molecular formula is C12H16O. The number of ether oxygens (including phenoxy) is 1. The fourth-order valence-electron chi connectivity index (χ4n) is 1.87. The molecule has 0 bridgehead atoms. The van der Waals surface area contributed by atoms with Gasteiger partial charge in [-0.3, -0.25) is 0 Å². The highest BCUT2D eigenvalue weighted by molar-refractivity contribution is 5.24. The summed E-state index contributed by atoms with van der Waals surface area (Å²) in [5, 5.41) is 0. The average molecular weight is 176 g/mol. The molecule has 0 aromatic heterocycles. The van der Waals surface area contributed by atoms with Gasteiger partial charge >= 0.3 is 0 Å². The molecule has 1 aliphatic rings. The van der Waals surface area contributed by atoms with Crippen LogP contribution in [0.25, 0.3) is 0 Å². The molecule has 1 atom stereocenters. The van der Waals surface area contributed by atoms with E-state index in [0.29, 0.717) is 6.10 Å². The van der Waals surface area contributed by atoms with E-state index in [4.69, 9.17) is 4.74 Å². The van der Waals surface area contributed by atoms with Crippen LogP contribution in [0.4, 0.5) is 0 Å². The molecule has 0 spiro atoms. The first-order valence-electron chi connectivity index (χ1n) is 5.04. The van der Waals surface area contributed by atoms with Gasteiger partial charge in [0, 0.05) is 6.61 Å². The maximum Gasteiger partial charge on any atom is 0.0825 e. The maximum absolute atomic E-state index is 5.72. The number of hydrogen-bond acceptors (Lipinski definition) is 1. The molecule has 1 aliphatic heterocycles. The maximum atomic E-state index is 5.72. The fraction of sp³-hybridized carbons (Fsp3) is 0.500. The minimum atomic E-state index is 0.355. The van der Waals surface area contributed by atoms with Crippen LogP contribution in [0, 0.1) is 6.92 Å². The van der Waals surface area contributed by atoms with Gasteiger partial charge in [0.25, 0.3) is 0 Å². The molecule has 70 valence electrons. The molecule has 1 saturated heterocycles. The van der Waals surface area contributed by atoms with Crippen LogP contribution in [0.2, 0.25) is 0 Å². The Morgan fingerprint density at radius 3 is 2.92 bits per heavy atom. The van der Waals surface area contributed by atoms with Crippen LogP contribution in [0.1, 0.15) is 36.5 Å². The summed E-state index contributed by atoms with van der Waals surface area (Å²) in [5.41, 5.74) is 2.67. The molecule has 0 unspecified atom stereocenters. The van der Waals surface area contributed by atoms with Crippen LogP contribution >= 0.6 is 0 Å². The minimum absolute atomic E-state index is 0.355. The Balaban J connectivity index is 2.14. The minimum Gasteiger partial charge on any atom is -0.374 e. The highest BCUT2D eigenvalue weighted by Gasteiger charge is 2.15. The number of rotatable bonds is 1.